The lowest BCUT2D eigenvalue weighted by molar-refractivity contribution is 1.12. The first-order chi connectivity index (χ1) is 4.79. The minimum absolute atomic E-state index is 0.370. The predicted octanol–water partition coefficient (Wildman–Crippen LogP) is 2.40. The van der Waals surface area contributed by atoms with Gasteiger partial charge < -0.3 is 0 Å². The Morgan fingerprint density at radius 1 is 1.60 bits per heavy atom. The van der Waals surface area contributed by atoms with Gasteiger partial charge in [-0.25, -0.2) is 4.98 Å². The van der Waals surface area contributed by atoms with Gasteiger partial charge in [0.1, 0.15) is 0 Å². The van der Waals surface area contributed by atoms with Crippen molar-refractivity contribution in [1.82, 2.24) is 4.98 Å². The summed E-state index contributed by atoms with van der Waals surface area (Å²) in [5.74, 6) is 0. The minimum Gasteiger partial charge on any atom is -0.250 e. The summed E-state index contributed by atoms with van der Waals surface area (Å²) in [6.07, 6.45) is 1.80. The number of thioether (sulfide) groups is 1. The SMILES string of the molecule is [CH2]C(C)Sc1ccccn1. The molecule has 1 heterocycles. The molecule has 53 valence electrons. The molecule has 1 nitrogen and oxygen atoms in total. The zero-order valence-electron chi connectivity index (χ0n) is 5.95. The van der Waals surface area contributed by atoms with Crippen LogP contribution in [0.5, 0.6) is 0 Å². The standard InChI is InChI=1S/C8H10NS/c1-7(2)10-8-5-3-4-6-9-8/h3-7H,1H2,2H3. The van der Waals surface area contributed by atoms with E-state index in [-0.39, 0.29) is 0 Å². The zero-order chi connectivity index (χ0) is 7.40. The Balaban J connectivity index is 2.59. The van der Waals surface area contributed by atoms with Gasteiger partial charge in [-0.05, 0) is 19.1 Å². The molecule has 0 aliphatic rings. The normalized spacial score (nSPS) is 10.3. The first kappa shape index (κ1) is 7.61. The van der Waals surface area contributed by atoms with Crippen molar-refractivity contribution in [3.05, 3.63) is 31.3 Å². The van der Waals surface area contributed by atoms with Crippen LogP contribution in [0, 0.1) is 6.92 Å². The van der Waals surface area contributed by atoms with Crippen LogP contribution >= 0.6 is 11.8 Å². The van der Waals surface area contributed by atoms with Crippen LogP contribution in [0.1, 0.15) is 6.92 Å². The summed E-state index contributed by atoms with van der Waals surface area (Å²) in [4.78, 5) is 4.14. The highest BCUT2D eigenvalue weighted by Gasteiger charge is 1.96. The molecule has 1 aromatic heterocycles. The fourth-order valence-electron chi connectivity index (χ4n) is 0.623. The molecule has 1 aromatic rings. The van der Waals surface area contributed by atoms with Gasteiger partial charge in [0.15, 0.2) is 0 Å². The van der Waals surface area contributed by atoms with Crippen LogP contribution in [0.2, 0.25) is 0 Å². The van der Waals surface area contributed by atoms with Gasteiger partial charge in [-0.2, -0.15) is 0 Å². The summed E-state index contributed by atoms with van der Waals surface area (Å²) in [7, 11) is 0. The Labute approximate surface area is 65.9 Å². The molecule has 0 saturated carbocycles. The second-order valence-corrected chi connectivity index (χ2v) is 3.56. The van der Waals surface area contributed by atoms with Gasteiger partial charge in [-0.15, -0.1) is 11.8 Å². The van der Waals surface area contributed by atoms with E-state index in [2.05, 4.69) is 18.8 Å². The maximum absolute atomic E-state index is 4.14. The highest BCUT2D eigenvalue weighted by atomic mass is 32.2. The van der Waals surface area contributed by atoms with Gasteiger partial charge in [-0.1, -0.05) is 13.0 Å². The fraction of sp³-hybridized carbons (Fsp3) is 0.250. The van der Waals surface area contributed by atoms with Crippen molar-refractivity contribution in [2.75, 3.05) is 0 Å². The van der Waals surface area contributed by atoms with E-state index in [1.807, 2.05) is 18.2 Å². The molecule has 0 saturated heterocycles. The van der Waals surface area contributed by atoms with Gasteiger partial charge >= 0.3 is 0 Å². The zero-order valence-corrected chi connectivity index (χ0v) is 6.77. The summed E-state index contributed by atoms with van der Waals surface area (Å²) in [5, 5.41) is 1.42. The Hall–Kier alpha value is -0.500. The summed E-state index contributed by atoms with van der Waals surface area (Å²) in [6, 6.07) is 5.89. The number of hydrogen-bond donors (Lipinski definition) is 0. The van der Waals surface area contributed by atoms with Gasteiger partial charge in [0.25, 0.3) is 0 Å². The second kappa shape index (κ2) is 3.62. The molecule has 0 aliphatic carbocycles. The topological polar surface area (TPSA) is 12.9 Å². The molecule has 0 aromatic carbocycles. The molecule has 1 unspecified atom stereocenters. The van der Waals surface area contributed by atoms with Crippen molar-refractivity contribution in [3.8, 4) is 0 Å². The fourth-order valence-corrected chi connectivity index (χ4v) is 1.31. The van der Waals surface area contributed by atoms with Crippen molar-refractivity contribution >= 4 is 11.8 Å². The highest BCUT2D eigenvalue weighted by Crippen LogP contribution is 2.18. The van der Waals surface area contributed by atoms with E-state index in [1.54, 1.807) is 18.0 Å². The van der Waals surface area contributed by atoms with Gasteiger partial charge in [0, 0.05) is 11.4 Å². The molecule has 1 radical (unpaired) electrons. The average molecular weight is 152 g/mol. The number of nitrogens with zero attached hydrogens (tertiary/aromatic N) is 1. The van der Waals surface area contributed by atoms with E-state index in [9.17, 15) is 0 Å². The van der Waals surface area contributed by atoms with E-state index in [0.29, 0.717) is 5.25 Å². The van der Waals surface area contributed by atoms with Crippen LogP contribution in [-0.2, 0) is 0 Å². The van der Waals surface area contributed by atoms with Crippen molar-refractivity contribution in [3.63, 3.8) is 0 Å². The van der Waals surface area contributed by atoms with Crippen LogP contribution in [-0.4, -0.2) is 10.2 Å². The Morgan fingerprint density at radius 3 is 2.90 bits per heavy atom. The maximum Gasteiger partial charge on any atom is 0.0962 e. The minimum atomic E-state index is 0.370. The summed E-state index contributed by atoms with van der Waals surface area (Å²) in [6.45, 7) is 5.91. The Kier molecular flexibility index (Phi) is 2.75. The predicted molar refractivity (Wildman–Crippen MR) is 44.9 cm³/mol. The van der Waals surface area contributed by atoms with Crippen molar-refractivity contribution in [1.29, 1.82) is 0 Å². The summed E-state index contributed by atoms with van der Waals surface area (Å²) in [5.41, 5.74) is 0. The molecule has 0 spiro atoms. The third-order valence-electron chi connectivity index (χ3n) is 0.960. The molecule has 0 amide bonds. The van der Waals surface area contributed by atoms with Gasteiger partial charge in [-0.3, -0.25) is 0 Å². The maximum atomic E-state index is 4.14. The quantitative estimate of drug-likeness (QED) is 0.603. The number of pyridine rings is 1. The van der Waals surface area contributed by atoms with Crippen LogP contribution in [0.3, 0.4) is 0 Å². The van der Waals surface area contributed by atoms with Gasteiger partial charge in [0.2, 0.25) is 0 Å². The number of hydrogen-bond acceptors (Lipinski definition) is 2. The summed E-state index contributed by atoms with van der Waals surface area (Å²) < 4.78 is 0. The lowest BCUT2D eigenvalue weighted by atomic mass is 10.5. The van der Waals surface area contributed by atoms with Crippen LogP contribution < -0.4 is 0 Å². The largest absolute Gasteiger partial charge is 0.250 e. The lowest BCUT2D eigenvalue weighted by Crippen LogP contribution is -1.87. The highest BCUT2D eigenvalue weighted by molar-refractivity contribution is 7.99. The number of rotatable bonds is 2. The van der Waals surface area contributed by atoms with Gasteiger partial charge in [0.05, 0.1) is 5.03 Å². The third kappa shape index (κ3) is 2.40. The first-order valence-electron chi connectivity index (χ1n) is 3.20. The van der Waals surface area contributed by atoms with Crippen molar-refractivity contribution < 1.29 is 0 Å². The molecular weight excluding hydrogens is 142 g/mol. The molecular formula is C8H10NS. The average Bonchev–Trinajstić information content (AvgIpc) is 1.88. The molecule has 1 atom stereocenters. The van der Waals surface area contributed by atoms with E-state index in [1.165, 1.54) is 0 Å². The van der Waals surface area contributed by atoms with E-state index in [0.717, 1.165) is 5.03 Å². The van der Waals surface area contributed by atoms with Crippen LogP contribution in [0.4, 0.5) is 0 Å². The second-order valence-electron chi connectivity index (χ2n) is 2.10. The molecule has 0 N–H and O–H groups in total. The Bertz CT molecular complexity index is 184. The molecule has 0 aliphatic heterocycles. The van der Waals surface area contributed by atoms with E-state index < -0.39 is 0 Å². The van der Waals surface area contributed by atoms with Crippen molar-refractivity contribution in [2.24, 2.45) is 0 Å². The lowest BCUT2D eigenvalue weighted by Gasteiger charge is -2.00. The molecule has 0 bridgehead atoms. The monoisotopic (exact) mass is 152 g/mol. The summed E-state index contributed by atoms with van der Waals surface area (Å²) >= 11 is 1.68. The third-order valence-corrected chi connectivity index (χ3v) is 1.85. The first-order valence-corrected chi connectivity index (χ1v) is 4.08. The van der Waals surface area contributed by atoms with Crippen LogP contribution in [0.15, 0.2) is 29.4 Å². The molecule has 2 heteroatoms. The van der Waals surface area contributed by atoms with Crippen LogP contribution in [0.25, 0.3) is 0 Å². The number of aromatic nitrogens is 1. The molecule has 0 fully saturated rings. The van der Waals surface area contributed by atoms with E-state index >= 15 is 0 Å². The molecule has 1 rings (SSSR count). The smallest absolute Gasteiger partial charge is 0.0962 e. The Morgan fingerprint density at radius 2 is 2.40 bits per heavy atom. The van der Waals surface area contributed by atoms with E-state index in [4.69, 9.17) is 0 Å². The molecule has 10 heavy (non-hydrogen) atoms. The van der Waals surface area contributed by atoms with Crippen molar-refractivity contribution in [2.45, 2.75) is 17.2 Å².